The average molecular weight is 276 g/mol. The summed E-state index contributed by atoms with van der Waals surface area (Å²) >= 11 is 0. The van der Waals surface area contributed by atoms with Gasteiger partial charge < -0.3 is 9.47 Å². The third-order valence-electron chi connectivity index (χ3n) is 2.42. The second kappa shape index (κ2) is 7.01. The van der Waals surface area contributed by atoms with E-state index in [4.69, 9.17) is 9.47 Å². The van der Waals surface area contributed by atoms with Crippen LogP contribution in [0.25, 0.3) is 0 Å². The number of hydrogen-bond acceptors (Lipinski definition) is 3. The van der Waals surface area contributed by atoms with Crippen molar-refractivity contribution in [1.29, 1.82) is 0 Å². The Bertz CT molecular complexity index is 416. The van der Waals surface area contributed by atoms with Crippen LogP contribution >= 0.6 is 0 Å². The van der Waals surface area contributed by atoms with Gasteiger partial charge in [-0.25, -0.2) is 0 Å². The number of hydrogen-bond donors (Lipinski definition) is 0. The lowest BCUT2D eigenvalue weighted by atomic mass is 10.2. The first-order valence-corrected chi connectivity index (χ1v) is 5.80. The van der Waals surface area contributed by atoms with E-state index >= 15 is 0 Å². The fourth-order valence-electron chi connectivity index (χ4n) is 1.41. The van der Waals surface area contributed by atoms with Crippen LogP contribution in [0.2, 0.25) is 0 Å². The zero-order valence-electron chi connectivity index (χ0n) is 10.5. The molecular weight excluding hydrogens is 261 g/mol. The molecule has 0 fully saturated rings. The van der Waals surface area contributed by atoms with Crippen molar-refractivity contribution in [3.63, 3.8) is 0 Å². The number of halogens is 3. The van der Waals surface area contributed by atoms with Crippen molar-refractivity contribution >= 4 is 5.78 Å². The molecular formula is C13H15F3O3. The van der Waals surface area contributed by atoms with Gasteiger partial charge in [0.05, 0.1) is 13.7 Å². The van der Waals surface area contributed by atoms with Crippen molar-refractivity contribution in [3.8, 4) is 11.5 Å². The quantitative estimate of drug-likeness (QED) is 0.716. The Morgan fingerprint density at radius 1 is 1.21 bits per heavy atom. The van der Waals surface area contributed by atoms with E-state index < -0.39 is 18.4 Å². The molecule has 0 aliphatic carbocycles. The number of methoxy groups -OCH3 is 1. The number of ether oxygens (including phenoxy) is 2. The first-order chi connectivity index (χ1) is 8.93. The lowest BCUT2D eigenvalue weighted by Crippen LogP contribution is -2.22. The number of rotatable bonds is 7. The second-order valence-corrected chi connectivity index (χ2v) is 3.91. The Morgan fingerprint density at radius 2 is 1.89 bits per heavy atom. The van der Waals surface area contributed by atoms with Crippen molar-refractivity contribution in [2.75, 3.05) is 13.7 Å². The van der Waals surface area contributed by atoms with Crippen molar-refractivity contribution < 1.29 is 27.4 Å². The summed E-state index contributed by atoms with van der Waals surface area (Å²) in [6.07, 6.45) is -4.68. The van der Waals surface area contributed by atoms with E-state index in [1.807, 2.05) is 0 Å². The SMILES string of the molecule is COc1cccc(OCCCCC(=O)C(F)(F)F)c1. The number of benzene rings is 1. The van der Waals surface area contributed by atoms with E-state index in [0.717, 1.165) is 0 Å². The van der Waals surface area contributed by atoms with Gasteiger partial charge in [0.25, 0.3) is 0 Å². The number of Topliss-reactive ketones (excluding diaryl/α,β-unsaturated/α-hetero) is 1. The molecule has 1 aromatic rings. The average Bonchev–Trinajstić information content (AvgIpc) is 2.37. The zero-order valence-corrected chi connectivity index (χ0v) is 10.5. The molecule has 106 valence electrons. The summed E-state index contributed by atoms with van der Waals surface area (Å²) in [7, 11) is 1.53. The molecule has 1 aromatic carbocycles. The van der Waals surface area contributed by atoms with Gasteiger partial charge in [-0.3, -0.25) is 4.79 Å². The predicted octanol–water partition coefficient (Wildman–Crippen LogP) is 3.38. The highest BCUT2D eigenvalue weighted by atomic mass is 19.4. The first-order valence-electron chi connectivity index (χ1n) is 5.80. The Hall–Kier alpha value is -1.72. The molecule has 0 saturated carbocycles. The number of carbonyl (C=O) groups is 1. The van der Waals surface area contributed by atoms with Gasteiger partial charge in [-0.05, 0) is 25.0 Å². The molecule has 1 rings (SSSR count). The van der Waals surface area contributed by atoms with Gasteiger partial charge in [0, 0.05) is 12.5 Å². The maximum Gasteiger partial charge on any atom is 0.449 e. The zero-order chi connectivity index (χ0) is 14.3. The fraction of sp³-hybridized carbons (Fsp3) is 0.462. The maximum absolute atomic E-state index is 11.9. The lowest BCUT2D eigenvalue weighted by Gasteiger charge is -2.08. The van der Waals surface area contributed by atoms with Gasteiger partial charge in [0.2, 0.25) is 5.78 Å². The molecule has 0 unspecified atom stereocenters. The highest BCUT2D eigenvalue weighted by molar-refractivity contribution is 5.83. The Kier molecular flexibility index (Phi) is 5.66. The van der Waals surface area contributed by atoms with E-state index in [2.05, 4.69) is 0 Å². The molecule has 0 saturated heterocycles. The molecule has 6 heteroatoms. The van der Waals surface area contributed by atoms with Crippen molar-refractivity contribution in [1.82, 2.24) is 0 Å². The fourth-order valence-corrected chi connectivity index (χ4v) is 1.41. The van der Waals surface area contributed by atoms with Gasteiger partial charge in [-0.15, -0.1) is 0 Å². The van der Waals surface area contributed by atoms with Crippen molar-refractivity contribution in [3.05, 3.63) is 24.3 Å². The van der Waals surface area contributed by atoms with Crippen LogP contribution in [-0.2, 0) is 4.79 Å². The van der Waals surface area contributed by atoms with Crippen LogP contribution in [0.4, 0.5) is 13.2 Å². The lowest BCUT2D eigenvalue weighted by molar-refractivity contribution is -0.171. The Morgan fingerprint density at radius 3 is 2.53 bits per heavy atom. The second-order valence-electron chi connectivity index (χ2n) is 3.91. The van der Waals surface area contributed by atoms with Crippen LogP contribution in [0.15, 0.2) is 24.3 Å². The Labute approximate surface area is 109 Å². The molecule has 0 aliphatic rings. The van der Waals surface area contributed by atoms with Crippen LogP contribution in [0, 0.1) is 0 Å². The molecule has 3 nitrogen and oxygen atoms in total. The van der Waals surface area contributed by atoms with Gasteiger partial charge in [-0.1, -0.05) is 6.07 Å². The van der Waals surface area contributed by atoms with E-state index in [-0.39, 0.29) is 13.0 Å². The molecule has 0 radical (unpaired) electrons. The highest BCUT2D eigenvalue weighted by Crippen LogP contribution is 2.20. The summed E-state index contributed by atoms with van der Waals surface area (Å²) in [5.74, 6) is -0.458. The molecule has 0 atom stereocenters. The van der Waals surface area contributed by atoms with E-state index in [1.54, 1.807) is 24.3 Å². The first kappa shape index (κ1) is 15.3. The minimum Gasteiger partial charge on any atom is -0.497 e. The number of unbranched alkanes of at least 4 members (excludes halogenated alkanes) is 1. The normalized spacial score (nSPS) is 11.2. The number of ketones is 1. The summed E-state index contributed by atoms with van der Waals surface area (Å²) < 4.78 is 46.1. The van der Waals surface area contributed by atoms with E-state index in [1.165, 1.54) is 7.11 Å². The van der Waals surface area contributed by atoms with Crippen LogP contribution in [0.3, 0.4) is 0 Å². The van der Waals surface area contributed by atoms with Crippen molar-refractivity contribution in [2.24, 2.45) is 0 Å². The topological polar surface area (TPSA) is 35.5 Å². The van der Waals surface area contributed by atoms with Crippen LogP contribution < -0.4 is 9.47 Å². The van der Waals surface area contributed by atoms with Crippen molar-refractivity contribution in [2.45, 2.75) is 25.4 Å². The van der Waals surface area contributed by atoms with E-state index in [0.29, 0.717) is 17.9 Å². The molecule has 0 bridgehead atoms. The number of alkyl halides is 3. The maximum atomic E-state index is 11.9. The molecule has 0 spiro atoms. The summed E-state index contributed by atoms with van der Waals surface area (Å²) in [5.41, 5.74) is 0. The molecule has 0 N–H and O–H groups in total. The minimum absolute atomic E-state index is 0.155. The molecule has 0 aromatic heterocycles. The van der Waals surface area contributed by atoms with Crippen LogP contribution in [-0.4, -0.2) is 25.7 Å². The monoisotopic (exact) mass is 276 g/mol. The van der Waals surface area contributed by atoms with Crippen LogP contribution in [0.1, 0.15) is 19.3 Å². The molecule has 0 heterocycles. The largest absolute Gasteiger partial charge is 0.497 e. The summed E-state index contributed by atoms with van der Waals surface area (Å²) in [6.45, 7) is 0.262. The summed E-state index contributed by atoms with van der Waals surface area (Å²) in [5, 5.41) is 0. The highest BCUT2D eigenvalue weighted by Gasteiger charge is 2.36. The predicted molar refractivity (Wildman–Crippen MR) is 63.4 cm³/mol. The molecule has 0 aliphatic heterocycles. The van der Waals surface area contributed by atoms with Gasteiger partial charge in [0.15, 0.2) is 0 Å². The van der Waals surface area contributed by atoms with Gasteiger partial charge in [-0.2, -0.15) is 13.2 Å². The minimum atomic E-state index is -4.73. The smallest absolute Gasteiger partial charge is 0.449 e. The van der Waals surface area contributed by atoms with E-state index in [9.17, 15) is 18.0 Å². The Balaban J connectivity index is 2.22. The molecule has 0 amide bonds. The van der Waals surface area contributed by atoms with Gasteiger partial charge >= 0.3 is 6.18 Å². The summed E-state index contributed by atoms with van der Waals surface area (Å²) in [4.78, 5) is 10.6. The summed E-state index contributed by atoms with van der Waals surface area (Å²) in [6, 6.07) is 6.92. The van der Waals surface area contributed by atoms with Gasteiger partial charge in [0.1, 0.15) is 11.5 Å². The van der Waals surface area contributed by atoms with Crippen LogP contribution in [0.5, 0.6) is 11.5 Å². The number of carbonyl (C=O) groups excluding carboxylic acids is 1. The standard InChI is InChI=1S/C13H15F3O3/c1-18-10-5-4-6-11(9-10)19-8-3-2-7-12(17)13(14,15)16/h4-6,9H,2-3,7-8H2,1H3. The third-order valence-corrected chi connectivity index (χ3v) is 2.42. The third kappa shape index (κ3) is 5.63. The molecule has 19 heavy (non-hydrogen) atoms.